The number of fused-ring (bicyclic) bond motifs is 3. The summed E-state index contributed by atoms with van der Waals surface area (Å²) >= 11 is 1.34. The van der Waals surface area contributed by atoms with E-state index in [1.807, 2.05) is 32.0 Å². The molecule has 5 aromatic rings. The number of aryl methyl sites for hydroxylation is 2. The van der Waals surface area contributed by atoms with Gasteiger partial charge in [0.2, 0.25) is 0 Å². The van der Waals surface area contributed by atoms with Crippen LogP contribution in [0.15, 0.2) is 59.4 Å². The molecule has 0 spiro atoms. The van der Waals surface area contributed by atoms with Gasteiger partial charge < -0.3 is 9.47 Å². The Hall–Kier alpha value is -4.24. The molecule has 0 radical (unpaired) electrons. The van der Waals surface area contributed by atoms with Crippen LogP contribution < -0.4 is 19.6 Å². The van der Waals surface area contributed by atoms with Crippen LogP contribution in [-0.4, -0.2) is 21.4 Å². The third-order valence-corrected chi connectivity index (χ3v) is 6.82. The quantitative estimate of drug-likeness (QED) is 0.257. The van der Waals surface area contributed by atoms with E-state index in [-0.39, 0.29) is 17.9 Å². The highest BCUT2D eigenvalue weighted by molar-refractivity contribution is 7.15. The van der Waals surface area contributed by atoms with Gasteiger partial charge in [0, 0.05) is 12.1 Å². The van der Waals surface area contributed by atoms with Crippen molar-refractivity contribution in [2.75, 3.05) is 7.11 Å². The summed E-state index contributed by atoms with van der Waals surface area (Å²) in [5.41, 5.74) is 5.23. The van der Waals surface area contributed by atoms with E-state index in [9.17, 15) is 14.9 Å². The first kappa shape index (κ1) is 22.5. The molecule has 0 atom stereocenters. The Labute approximate surface area is 203 Å². The molecule has 3 aromatic carbocycles. The third-order valence-electron chi connectivity index (χ3n) is 5.86. The smallest absolute Gasteiger partial charge is 0.274 e. The number of ether oxygens (including phenoxy) is 2. The third kappa shape index (κ3) is 4.22. The molecule has 0 unspecified atom stereocenters. The van der Waals surface area contributed by atoms with Gasteiger partial charge in [-0.15, -0.1) is 0 Å². The molecule has 0 aliphatic heterocycles. The highest BCUT2D eigenvalue weighted by atomic mass is 32.1. The molecule has 0 bridgehead atoms. The molecule has 0 N–H and O–H groups in total. The van der Waals surface area contributed by atoms with Crippen LogP contribution in [0, 0.1) is 24.0 Å². The Morgan fingerprint density at radius 2 is 1.89 bits per heavy atom. The molecule has 0 fully saturated rings. The van der Waals surface area contributed by atoms with Gasteiger partial charge in [0.25, 0.3) is 11.2 Å². The van der Waals surface area contributed by atoms with Crippen molar-refractivity contribution in [3.05, 3.63) is 102 Å². The van der Waals surface area contributed by atoms with Gasteiger partial charge in [0.15, 0.2) is 16.5 Å². The number of hydrogen-bond donors (Lipinski definition) is 0. The van der Waals surface area contributed by atoms with Crippen molar-refractivity contribution in [3.8, 4) is 11.5 Å². The van der Waals surface area contributed by atoms with Crippen LogP contribution in [0.2, 0.25) is 0 Å². The molecule has 0 aliphatic carbocycles. The molecule has 0 amide bonds. The molecule has 2 aromatic heterocycles. The normalized spacial score (nSPS) is 11.9. The molecule has 2 heterocycles. The second kappa shape index (κ2) is 8.84. The van der Waals surface area contributed by atoms with Crippen LogP contribution in [0.25, 0.3) is 22.1 Å². The van der Waals surface area contributed by atoms with Gasteiger partial charge in [-0.05, 0) is 66.4 Å². The van der Waals surface area contributed by atoms with E-state index in [4.69, 9.17) is 9.47 Å². The maximum atomic E-state index is 13.2. The molecule has 35 heavy (non-hydrogen) atoms. The molecule has 5 rings (SSSR count). The first-order valence-electron chi connectivity index (χ1n) is 10.8. The summed E-state index contributed by atoms with van der Waals surface area (Å²) in [5, 5.41) is 11.0. The van der Waals surface area contributed by atoms with E-state index < -0.39 is 4.92 Å². The van der Waals surface area contributed by atoms with Gasteiger partial charge in [-0.25, -0.2) is 9.38 Å². The number of benzene rings is 3. The maximum Gasteiger partial charge on any atom is 0.274 e. The molecule has 0 aliphatic rings. The van der Waals surface area contributed by atoms with Crippen molar-refractivity contribution >= 4 is 39.1 Å². The zero-order valence-corrected chi connectivity index (χ0v) is 20.1. The van der Waals surface area contributed by atoms with Crippen molar-refractivity contribution in [1.29, 1.82) is 0 Å². The molecule has 8 nitrogen and oxygen atoms in total. The number of rotatable bonds is 6. The number of nitrogens with zero attached hydrogens (tertiary/aromatic N) is 3. The maximum absolute atomic E-state index is 13.2. The summed E-state index contributed by atoms with van der Waals surface area (Å²) < 4.78 is 13.6. The molecule has 9 heteroatoms. The predicted octanol–water partition coefficient (Wildman–Crippen LogP) is 4.57. The van der Waals surface area contributed by atoms with Crippen LogP contribution >= 0.6 is 11.3 Å². The zero-order valence-electron chi connectivity index (χ0n) is 19.3. The number of nitro groups is 1. The SMILES string of the molecule is COc1cc(/C=c2\sc3nc4cc(C)c(C)cc4n3c2=O)ccc1OCc1cccc([N+](=O)[O-])c1. The lowest BCUT2D eigenvalue weighted by molar-refractivity contribution is -0.384. The minimum Gasteiger partial charge on any atom is -0.493 e. The van der Waals surface area contributed by atoms with Crippen LogP contribution in [0.1, 0.15) is 22.3 Å². The fourth-order valence-electron chi connectivity index (χ4n) is 3.88. The number of nitro benzene ring substituents is 1. The summed E-state index contributed by atoms with van der Waals surface area (Å²) in [4.78, 5) is 29.0. The Morgan fingerprint density at radius 1 is 1.09 bits per heavy atom. The standard InChI is InChI=1S/C26H21N3O5S/c1-15-9-20-21(10-16(15)2)28-25(30)24(35-26(28)27-20)13-17-7-8-22(23(12-17)33-3)34-14-18-5-4-6-19(11-18)29(31)32/h4-13H,14H2,1-3H3/b24-13-. The van der Waals surface area contributed by atoms with Crippen molar-refractivity contribution in [1.82, 2.24) is 9.38 Å². The minimum atomic E-state index is -0.439. The second-order valence-corrected chi connectivity index (χ2v) is 9.21. The predicted molar refractivity (Wildman–Crippen MR) is 136 cm³/mol. The summed E-state index contributed by atoms with van der Waals surface area (Å²) in [7, 11) is 1.54. The monoisotopic (exact) mass is 487 g/mol. The van der Waals surface area contributed by atoms with Gasteiger partial charge in [-0.3, -0.25) is 14.9 Å². The van der Waals surface area contributed by atoms with Crippen LogP contribution in [0.4, 0.5) is 5.69 Å². The van der Waals surface area contributed by atoms with E-state index in [0.29, 0.717) is 26.6 Å². The lowest BCUT2D eigenvalue weighted by Crippen LogP contribution is -2.22. The Morgan fingerprint density at radius 3 is 2.66 bits per heavy atom. The highest BCUT2D eigenvalue weighted by Gasteiger charge is 2.13. The van der Waals surface area contributed by atoms with Gasteiger partial charge in [-0.1, -0.05) is 29.5 Å². The fourth-order valence-corrected chi connectivity index (χ4v) is 4.87. The number of aromatic nitrogens is 2. The number of thiazole rings is 1. The lowest BCUT2D eigenvalue weighted by atomic mass is 10.1. The summed E-state index contributed by atoms with van der Waals surface area (Å²) in [6.07, 6.45) is 1.81. The average molecular weight is 488 g/mol. The molecule has 0 saturated carbocycles. The molecule has 0 saturated heterocycles. The molecule has 176 valence electrons. The Kier molecular flexibility index (Phi) is 5.70. The fraction of sp³-hybridized carbons (Fsp3) is 0.154. The van der Waals surface area contributed by atoms with Crippen LogP contribution in [0.3, 0.4) is 0 Å². The van der Waals surface area contributed by atoms with Crippen molar-refractivity contribution in [3.63, 3.8) is 0 Å². The van der Waals surface area contributed by atoms with Gasteiger partial charge in [0.05, 0.1) is 27.6 Å². The van der Waals surface area contributed by atoms with Gasteiger partial charge in [0.1, 0.15) is 6.61 Å². The topological polar surface area (TPSA) is 96.0 Å². The van der Waals surface area contributed by atoms with E-state index >= 15 is 0 Å². The average Bonchev–Trinajstić information content (AvgIpc) is 3.33. The number of imidazole rings is 1. The van der Waals surface area contributed by atoms with Crippen LogP contribution in [-0.2, 0) is 6.61 Å². The van der Waals surface area contributed by atoms with Crippen molar-refractivity contribution < 1.29 is 14.4 Å². The minimum absolute atomic E-state index is 0.0109. The number of hydrogen-bond acceptors (Lipinski definition) is 7. The van der Waals surface area contributed by atoms with Crippen molar-refractivity contribution in [2.45, 2.75) is 20.5 Å². The van der Waals surface area contributed by atoms with Gasteiger partial charge in [-0.2, -0.15) is 0 Å². The van der Waals surface area contributed by atoms with E-state index in [2.05, 4.69) is 4.98 Å². The lowest BCUT2D eigenvalue weighted by Gasteiger charge is -2.11. The van der Waals surface area contributed by atoms with Crippen LogP contribution in [0.5, 0.6) is 11.5 Å². The Bertz CT molecular complexity index is 1720. The first-order chi connectivity index (χ1) is 16.8. The largest absolute Gasteiger partial charge is 0.493 e. The second-order valence-electron chi connectivity index (χ2n) is 8.20. The molecular weight excluding hydrogens is 466 g/mol. The zero-order chi connectivity index (χ0) is 24.7. The van der Waals surface area contributed by atoms with E-state index in [1.54, 1.807) is 34.7 Å². The van der Waals surface area contributed by atoms with E-state index in [0.717, 1.165) is 27.7 Å². The summed E-state index contributed by atoms with van der Waals surface area (Å²) in [6, 6.07) is 15.7. The molecular formula is C26H21N3O5S. The van der Waals surface area contributed by atoms with Crippen molar-refractivity contribution in [2.24, 2.45) is 0 Å². The number of non-ortho nitro benzene ring substituents is 1. The Balaban J connectivity index is 1.46. The van der Waals surface area contributed by atoms with Gasteiger partial charge >= 0.3 is 0 Å². The summed E-state index contributed by atoms with van der Waals surface area (Å²) in [6.45, 7) is 4.21. The first-order valence-corrected chi connectivity index (χ1v) is 11.6. The summed E-state index contributed by atoms with van der Waals surface area (Å²) in [5.74, 6) is 0.992. The highest BCUT2D eigenvalue weighted by Crippen LogP contribution is 2.29. The number of methoxy groups -OCH3 is 1. The van der Waals surface area contributed by atoms with E-state index in [1.165, 1.54) is 30.6 Å².